The van der Waals surface area contributed by atoms with Gasteiger partial charge in [-0.15, -0.1) is 14.1 Å². The third-order valence-electron chi connectivity index (χ3n) is 6.98. The second kappa shape index (κ2) is 6.74. The van der Waals surface area contributed by atoms with Crippen molar-refractivity contribution in [3.8, 4) is 0 Å². The Bertz CT molecular complexity index is 1000. The van der Waals surface area contributed by atoms with Crippen molar-refractivity contribution in [3.05, 3.63) is 49.8 Å². The Labute approximate surface area is 166 Å². The Morgan fingerprint density at radius 2 is 2.14 bits per heavy atom. The molecule has 0 bridgehead atoms. The SMILES string of the molecule is CO[C@H]1C2=C(COC1C)C(P)C1Cc3cc4c(cc3C1C2)=CCN(O)C=4N=O. The molecule has 0 aromatic heterocycles. The van der Waals surface area contributed by atoms with Crippen LogP contribution < -0.4 is 10.4 Å². The van der Waals surface area contributed by atoms with E-state index < -0.39 is 0 Å². The van der Waals surface area contributed by atoms with E-state index in [1.54, 1.807) is 7.11 Å². The van der Waals surface area contributed by atoms with Gasteiger partial charge in [-0.2, -0.15) is 0 Å². The predicted molar refractivity (Wildman–Crippen MR) is 109 cm³/mol. The molecule has 0 saturated carbocycles. The Morgan fingerprint density at radius 3 is 2.89 bits per heavy atom. The zero-order chi connectivity index (χ0) is 19.6. The third-order valence-corrected chi connectivity index (χ3v) is 7.88. The van der Waals surface area contributed by atoms with Crippen LogP contribution in [-0.4, -0.2) is 48.4 Å². The third kappa shape index (κ3) is 2.55. The number of rotatable bonds is 2. The first kappa shape index (κ1) is 18.4. The van der Waals surface area contributed by atoms with Gasteiger partial charge in [0.25, 0.3) is 0 Å². The van der Waals surface area contributed by atoms with E-state index in [-0.39, 0.29) is 24.6 Å². The second-order valence-electron chi connectivity index (χ2n) is 8.27. The summed E-state index contributed by atoms with van der Waals surface area (Å²) in [5, 5.41) is 15.7. The number of benzene rings is 1. The molecule has 1 aromatic rings. The number of fused-ring (bicyclic) bond motifs is 4. The maximum absolute atomic E-state index is 11.3. The summed E-state index contributed by atoms with van der Waals surface area (Å²) in [6, 6.07) is 4.27. The molecule has 0 fully saturated rings. The molecule has 6 atom stereocenters. The summed E-state index contributed by atoms with van der Waals surface area (Å²) < 4.78 is 11.8. The van der Waals surface area contributed by atoms with Crippen molar-refractivity contribution in [2.24, 2.45) is 11.1 Å². The molecule has 6 nitrogen and oxygen atoms in total. The lowest BCUT2D eigenvalue weighted by molar-refractivity contribution is -0.0412. The van der Waals surface area contributed by atoms with Crippen LogP contribution in [0.15, 0.2) is 28.5 Å². The van der Waals surface area contributed by atoms with Crippen LogP contribution in [0.25, 0.3) is 11.9 Å². The lowest BCUT2D eigenvalue weighted by Gasteiger charge is -2.43. The molecule has 2 heterocycles. The fraction of sp³-hybridized carbons (Fsp3) is 0.524. The highest BCUT2D eigenvalue weighted by molar-refractivity contribution is 7.18. The minimum Gasteiger partial charge on any atom is -0.374 e. The molecule has 0 amide bonds. The van der Waals surface area contributed by atoms with Gasteiger partial charge in [0.1, 0.15) is 6.10 Å². The van der Waals surface area contributed by atoms with Crippen molar-refractivity contribution < 1.29 is 14.7 Å². The number of hydroxylamine groups is 2. The number of hydrogen-bond donors (Lipinski definition) is 1. The topological polar surface area (TPSA) is 71.4 Å². The lowest BCUT2D eigenvalue weighted by Crippen LogP contribution is -2.42. The van der Waals surface area contributed by atoms with E-state index in [0.717, 1.165) is 28.3 Å². The number of hydrogen-bond acceptors (Lipinski definition) is 6. The smallest absolute Gasteiger partial charge is 0.204 e. The van der Waals surface area contributed by atoms with Crippen molar-refractivity contribution in [3.63, 3.8) is 0 Å². The number of ether oxygens (including phenoxy) is 2. The summed E-state index contributed by atoms with van der Waals surface area (Å²) >= 11 is 0. The van der Waals surface area contributed by atoms with Crippen LogP contribution in [0.5, 0.6) is 0 Å². The Kier molecular flexibility index (Phi) is 4.44. The highest BCUT2D eigenvalue weighted by Gasteiger charge is 2.45. The molecule has 0 saturated heterocycles. The predicted octanol–water partition coefficient (Wildman–Crippen LogP) is 1.64. The Hall–Kier alpha value is -1.59. The first-order chi connectivity index (χ1) is 13.5. The van der Waals surface area contributed by atoms with E-state index in [4.69, 9.17) is 9.47 Å². The summed E-state index contributed by atoms with van der Waals surface area (Å²) in [4.78, 5) is 11.3. The number of nitrogens with zero attached hydrogens (tertiary/aromatic N) is 2. The standard InChI is InChI=1S/C21H25N2O4P/c1-10-19(26-2)16-8-15-13-5-11-3-4-23(25)21(22-24)14(11)6-12(13)7-17(15)20(28)18(16)9-27-10/h3,5-6,10,15,17,19-20,25H,4,7-9,28H2,1-2H3/t10?,15?,17?,19-,20?/m1/s1. The van der Waals surface area contributed by atoms with Gasteiger partial charge in [-0.1, -0.05) is 12.1 Å². The molecule has 5 unspecified atom stereocenters. The van der Waals surface area contributed by atoms with Crippen molar-refractivity contribution in [2.45, 2.75) is 43.6 Å². The Balaban J connectivity index is 1.61. The Morgan fingerprint density at radius 1 is 1.32 bits per heavy atom. The second-order valence-corrected chi connectivity index (χ2v) is 8.98. The zero-order valence-electron chi connectivity index (χ0n) is 16.1. The lowest BCUT2D eigenvalue weighted by atomic mass is 9.73. The molecule has 148 valence electrons. The van der Waals surface area contributed by atoms with Crippen molar-refractivity contribution in [1.29, 1.82) is 0 Å². The van der Waals surface area contributed by atoms with Crippen molar-refractivity contribution in [2.75, 3.05) is 20.3 Å². The van der Waals surface area contributed by atoms with Gasteiger partial charge in [-0.25, -0.2) is 5.06 Å². The molecular weight excluding hydrogens is 375 g/mol. The van der Waals surface area contributed by atoms with E-state index in [0.29, 0.717) is 24.1 Å². The molecular formula is C21H25N2O4P. The molecule has 0 spiro atoms. The zero-order valence-corrected chi connectivity index (χ0v) is 17.2. The van der Waals surface area contributed by atoms with E-state index >= 15 is 0 Å². The molecule has 7 heteroatoms. The molecule has 1 N–H and O–H groups in total. The summed E-state index contributed by atoms with van der Waals surface area (Å²) in [7, 11) is 4.82. The van der Waals surface area contributed by atoms with Crippen molar-refractivity contribution in [1.82, 2.24) is 5.06 Å². The highest BCUT2D eigenvalue weighted by Crippen LogP contribution is 2.52. The first-order valence-electron chi connectivity index (χ1n) is 9.82. The quantitative estimate of drug-likeness (QED) is 0.464. The van der Waals surface area contributed by atoms with Gasteiger partial charge in [-0.3, -0.25) is 5.21 Å². The van der Waals surface area contributed by atoms with Gasteiger partial charge in [0.2, 0.25) is 5.82 Å². The van der Waals surface area contributed by atoms with Crippen molar-refractivity contribution >= 4 is 21.1 Å². The average Bonchev–Trinajstić information content (AvgIpc) is 3.04. The summed E-state index contributed by atoms with van der Waals surface area (Å²) in [5.74, 6) is 1.05. The first-order valence-corrected chi connectivity index (χ1v) is 10.5. The maximum Gasteiger partial charge on any atom is 0.204 e. The van der Waals surface area contributed by atoms with E-state index in [9.17, 15) is 10.1 Å². The molecule has 1 aromatic carbocycles. The van der Waals surface area contributed by atoms with E-state index in [1.807, 2.05) is 6.08 Å². The molecule has 5 rings (SSSR count). The van der Waals surface area contributed by atoms with Crippen LogP contribution in [0.1, 0.15) is 30.4 Å². The number of methoxy groups -OCH3 is 1. The molecule has 4 aliphatic rings. The normalized spacial score (nSPS) is 33.6. The van der Waals surface area contributed by atoms with Gasteiger partial charge in [0.15, 0.2) is 0 Å². The van der Waals surface area contributed by atoms with Crippen LogP contribution in [0, 0.1) is 10.8 Å². The van der Waals surface area contributed by atoms with E-state index in [1.165, 1.54) is 22.3 Å². The molecule has 0 radical (unpaired) electrons. The van der Waals surface area contributed by atoms with Crippen LogP contribution in [0.4, 0.5) is 0 Å². The fourth-order valence-corrected chi connectivity index (χ4v) is 6.30. The van der Waals surface area contributed by atoms with Gasteiger partial charge in [-0.05, 0) is 70.3 Å². The minimum absolute atomic E-state index is 0.0168. The fourth-order valence-electron chi connectivity index (χ4n) is 5.59. The van der Waals surface area contributed by atoms with Gasteiger partial charge in [0.05, 0.1) is 19.3 Å². The largest absolute Gasteiger partial charge is 0.374 e. The maximum atomic E-state index is 11.3. The molecule has 2 aliphatic carbocycles. The van der Waals surface area contributed by atoms with Crippen LogP contribution in [0.2, 0.25) is 0 Å². The number of nitroso groups, excluding NO2 is 1. The van der Waals surface area contributed by atoms with Crippen LogP contribution >= 0.6 is 9.24 Å². The van der Waals surface area contributed by atoms with Crippen LogP contribution in [-0.2, 0) is 15.9 Å². The summed E-state index contributed by atoms with van der Waals surface area (Å²) in [5.41, 5.74) is 5.76. The molecule has 28 heavy (non-hydrogen) atoms. The molecule has 2 aliphatic heterocycles. The van der Waals surface area contributed by atoms with Gasteiger partial charge < -0.3 is 9.47 Å². The van der Waals surface area contributed by atoms with Gasteiger partial charge in [0, 0.05) is 18.0 Å². The highest BCUT2D eigenvalue weighted by atomic mass is 31.0. The monoisotopic (exact) mass is 400 g/mol. The summed E-state index contributed by atoms with van der Waals surface area (Å²) in [6.07, 6.45) is 4.00. The average molecular weight is 400 g/mol. The minimum atomic E-state index is 0.0168. The van der Waals surface area contributed by atoms with Gasteiger partial charge >= 0.3 is 0 Å². The van der Waals surface area contributed by atoms with Crippen LogP contribution in [0.3, 0.4) is 0 Å². The summed E-state index contributed by atoms with van der Waals surface area (Å²) in [6.45, 7) is 3.05. The van der Waals surface area contributed by atoms with E-state index in [2.05, 4.69) is 33.5 Å².